The Morgan fingerprint density at radius 1 is 0.453 bits per heavy atom. The van der Waals surface area contributed by atoms with Crippen LogP contribution >= 0.6 is 0 Å². The summed E-state index contributed by atoms with van der Waals surface area (Å²) >= 11 is 0. The van der Waals surface area contributed by atoms with Crippen LogP contribution in [-0.4, -0.2) is 0 Å². The lowest BCUT2D eigenvalue weighted by Crippen LogP contribution is -2.17. The molecule has 0 saturated heterocycles. The first-order valence-electron chi connectivity index (χ1n) is 22.1. The first-order valence-corrected chi connectivity index (χ1v) is 22.1. The van der Waals surface area contributed by atoms with Gasteiger partial charge in [-0.2, -0.15) is 0 Å². The van der Waals surface area contributed by atoms with Gasteiger partial charge in [0.15, 0.2) is 0 Å². The molecule has 2 heteroatoms. The molecule has 1 aliphatic rings. The first kappa shape index (κ1) is 38.9. The van der Waals surface area contributed by atoms with E-state index in [2.05, 4.69) is 232 Å². The quantitative estimate of drug-likeness (QED) is 0.144. The summed E-state index contributed by atoms with van der Waals surface area (Å²) in [6.45, 7) is 10.8. The number of anilines is 3. The van der Waals surface area contributed by atoms with Crippen LogP contribution in [0, 0.1) is 0 Å². The van der Waals surface area contributed by atoms with Gasteiger partial charge in [-0.3, -0.25) is 0 Å². The predicted octanol–water partition coefficient (Wildman–Crippen LogP) is 17.7. The molecule has 11 rings (SSSR count). The maximum atomic E-state index is 6.35. The van der Waals surface area contributed by atoms with Crippen molar-refractivity contribution >= 4 is 51.0 Å². The van der Waals surface area contributed by atoms with Crippen LogP contribution in [0.2, 0.25) is 0 Å². The Balaban J connectivity index is 1.04. The Labute approximate surface area is 375 Å². The Bertz CT molecular complexity index is 3410. The van der Waals surface area contributed by atoms with Gasteiger partial charge < -0.3 is 9.32 Å². The van der Waals surface area contributed by atoms with Crippen LogP contribution in [0.15, 0.2) is 217 Å². The minimum atomic E-state index is -0.207. The minimum absolute atomic E-state index is 0.207. The summed E-state index contributed by atoms with van der Waals surface area (Å²) in [7, 11) is 0. The van der Waals surface area contributed by atoms with Crippen LogP contribution in [-0.2, 0) is 5.41 Å². The summed E-state index contributed by atoms with van der Waals surface area (Å²) in [5.74, 6) is 0.786. The highest BCUT2D eigenvalue weighted by Crippen LogP contribution is 2.52. The fourth-order valence-corrected chi connectivity index (χ4v) is 9.91. The largest absolute Gasteiger partial charge is 0.456 e. The number of fused-ring (bicyclic) bond motifs is 5. The van der Waals surface area contributed by atoms with Crippen molar-refractivity contribution in [3.8, 4) is 55.6 Å². The molecule has 0 fully saturated rings. The van der Waals surface area contributed by atoms with Crippen molar-refractivity contribution in [3.05, 3.63) is 235 Å². The molecule has 0 atom stereocenters. The molecule has 10 aromatic rings. The molecular formula is C62H47NO. The summed E-state index contributed by atoms with van der Waals surface area (Å²) < 4.78 is 6.35. The van der Waals surface area contributed by atoms with Crippen LogP contribution in [0.3, 0.4) is 0 Å². The van der Waals surface area contributed by atoms with E-state index < -0.39 is 0 Å². The first-order chi connectivity index (χ1) is 31.4. The molecular weight excluding hydrogens is 775 g/mol. The van der Waals surface area contributed by atoms with Crippen molar-refractivity contribution < 1.29 is 4.42 Å². The summed E-state index contributed by atoms with van der Waals surface area (Å²) in [4.78, 5) is 2.44. The van der Waals surface area contributed by atoms with E-state index in [4.69, 9.17) is 4.42 Å². The molecule has 0 spiro atoms. The standard InChI is InChI=1S/C62H47NO/c1-5-15-55-56-34-29-47(39-61(56)64-60(55)6-2)50-36-37-59(54-21-14-13-20-51(50)54)63(48-30-26-45(27-31-48)44-24-22-43(23-25-44)41-16-9-7-10-17-41)49-32-35-53-52-33-28-46(42-18-11-8-12-19-42)38-57(52)62(3,4)58(53)40-49/h5-40H,2H2,1,3-4H3/b15-5-. The SMILES string of the molecule is C=Cc1oc2cc(-c3ccc(N(c4ccc(-c5ccc(-c6ccccc6)cc5)cc4)c4ccc5c(c4)C(C)(C)c4cc(-c6ccccc6)ccc4-5)c4ccccc34)ccc2c1/C=C\C. The van der Waals surface area contributed by atoms with E-state index in [0.717, 1.165) is 55.9 Å². The van der Waals surface area contributed by atoms with Gasteiger partial charge in [0.05, 0.1) is 5.69 Å². The zero-order chi connectivity index (χ0) is 43.4. The number of nitrogens with zero attached hydrogens (tertiary/aromatic N) is 1. The summed E-state index contributed by atoms with van der Waals surface area (Å²) in [6.07, 6.45) is 5.93. The third kappa shape index (κ3) is 6.58. The Morgan fingerprint density at radius 3 is 1.62 bits per heavy atom. The van der Waals surface area contributed by atoms with Crippen molar-refractivity contribution in [1.82, 2.24) is 0 Å². The lowest BCUT2D eigenvalue weighted by molar-refractivity contribution is 0.603. The highest BCUT2D eigenvalue weighted by molar-refractivity contribution is 6.07. The molecule has 1 aliphatic carbocycles. The van der Waals surface area contributed by atoms with Crippen LogP contribution in [0.1, 0.15) is 43.2 Å². The molecule has 0 bridgehead atoms. The molecule has 0 amide bonds. The van der Waals surface area contributed by atoms with Gasteiger partial charge in [-0.25, -0.2) is 0 Å². The topological polar surface area (TPSA) is 16.4 Å². The van der Waals surface area contributed by atoms with Gasteiger partial charge in [-0.1, -0.05) is 184 Å². The van der Waals surface area contributed by atoms with E-state index in [1.807, 2.05) is 13.0 Å². The maximum absolute atomic E-state index is 6.35. The number of benzene rings is 9. The van der Waals surface area contributed by atoms with E-state index in [9.17, 15) is 0 Å². The van der Waals surface area contributed by atoms with Crippen molar-refractivity contribution in [2.45, 2.75) is 26.2 Å². The van der Waals surface area contributed by atoms with Crippen molar-refractivity contribution in [2.75, 3.05) is 4.90 Å². The van der Waals surface area contributed by atoms with E-state index in [-0.39, 0.29) is 5.41 Å². The van der Waals surface area contributed by atoms with Crippen LogP contribution in [0.5, 0.6) is 0 Å². The van der Waals surface area contributed by atoms with Crippen molar-refractivity contribution in [1.29, 1.82) is 0 Å². The van der Waals surface area contributed by atoms with Gasteiger partial charge in [0.2, 0.25) is 0 Å². The molecule has 0 radical (unpaired) electrons. The molecule has 306 valence electrons. The fraction of sp³-hybridized carbons (Fsp3) is 0.0645. The van der Waals surface area contributed by atoms with Crippen molar-refractivity contribution in [3.63, 3.8) is 0 Å². The Morgan fingerprint density at radius 2 is 0.969 bits per heavy atom. The normalized spacial score (nSPS) is 12.7. The number of allylic oxidation sites excluding steroid dienone is 1. The zero-order valence-corrected chi connectivity index (χ0v) is 36.3. The predicted molar refractivity (Wildman–Crippen MR) is 273 cm³/mol. The van der Waals surface area contributed by atoms with Gasteiger partial charge in [0, 0.05) is 33.1 Å². The lowest BCUT2D eigenvalue weighted by atomic mass is 9.81. The highest BCUT2D eigenvalue weighted by Gasteiger charge is 2.36. The third-order valence-electron chi connectivity index (χ3n) is 13.2. The molecule has 64 heavy (non-hydrogen) atoms. The van der Waals surface area contributed by atoms with Crippen LogP contribution < -0.4 is 4.90 Å². The molecule has 0 unspecified atom stereocenters. The molecule has 0 N–H and O–H groups in total. The fourth-order valence-electron chi connectivity index (χ4n) is 9.91. The van der Waals surface area contributed by atoms with E-state index in [1.54, 1.807) is 6.08 Å². The molecule has 1 aromatic heterocycles. The average Bonchev–Trinajstić information content (AvgIpc) is 3.82. The molecule has 0 aliphatic heterocycles. The highest BCUT2D eigenvalue weighted by atomic mass is 16.3. The monoisotopic (exact) mass is 821 g/mol. The van der Waals surface area contributed by atoms with Gasteiger partial charge in [-0.05, 0) is 134 Å². The smallest absolute Gasteiger partial charge is 0.136 e. The second kappa shape index (κ2) is 15.8. The van der Waals surface area contributed by atoms with Gasteiger partial charge >= 0.3 is 0 Å². The lowest BCUT2D eigenvalue weighted by Gasteiger charge is -2.29. The van der Waals surface area contributed by atoms with Crippen LogP contribution in [0.25, 0.3) is 89.5 Å². The Hall–Kier alpha value is -7.94. The number of furan rings is 1. The van der Waals surface area contributed by atoms with E-state index >= 15 is 0 Å². The second-order valence-corrected chi connectivity index (χ2v) is 17.3. The third-order valence-corrected chi connectivity index (χ3v) is 13.2. The van der Waals surface area contributed by atoms with E-state index in [0.29, 0.717) is 0 Å². The van der Waals surface area contributed by atoms with Gasteiger partial charge in [0.25, 0.3) is 0 Å². The van der Waals surface area contributed by atoms with Crippen LogP contribution in [0.4, 0.5) is 17.1 Å². The number of hydrogen-bond acceptors (Lipinski definition) is 2. The Kier molecular flexibility index (Phi) is 9.59. The summed E-state index contributed by atoms with van der Waals surface area (Å²) in [6, 6.07) is 73.2. The summed E-state index contributed by atoms with van der Waals surface area (Å²) in [5.41, 5.74) is 19.8. The van der Waals surface area contributed by atoms with Crippen molar-refractivity contribution in [2.24, 2.45) is 0 Å². The minimum Gasteiger partial charge on any atom is -0.456 e. The summed E-state index contributed by atoms with van der Waals surface area (Å²) in [5, 5.41) is 3.42. The number of rotatable bonds is 9. The van der Waals surface area contributed by atoms with Gasteiger partial charge in [0.1, 0.15) is 11.3 Å². The molecule has 9 aromatic carbocycles. The second-order valence-electron chi connectivity index (χ2n) is 17.3. The maximum Gasteiger partial charge on any atom is 0.136 e. The van der Waals surface area contributed by atoms with E-state index in [1.165, 1.54) is 61.0 Å². The number of hydrogen-bond donors (Lipinski definition) is 0. The zero-order valence-electron chi connectivity index (χ0n) is 36.3. The average molecular weight is 822 g/mol. The molecule has 2 nitrogen and oxygen atoms in total. The molecule has 0 saturated carbocycles. The van der Waals surface area contributed by atoms with Gasteiger partial charge in [-0.15, -0.1) is 0 Å². The molecule has 1 heterocycles.